The van der Waals surface area contributed by atoms with Crippen molar-refractivity contribution in [3.8, 4) is 0 Å². The fraction of sp³-hybridized carbons (Fsp3) is 0.333. The Morgan fingerprint density at radius 3 is 2.48 bits per heavy atom. The van der Waals surface area contributed by atoms with Crippen molar-refractivity contribution in [1.29, 1.82) is 0 Å². The lowest BCUT2D eigenvalue weighted by Crippen LogP contribution is -2.37. The molecule has 7 heteroatoms. The van der Waals surface area contributed by atoms with Crippen LogP contribution in [0.15, 0.2) is 64.5 Å². The van der Waals surface area contributed by atoms with Gasteiger partial charge in [0.1, 0.15) is 11.4 Å². The van der Waals surface area contributed by atoms with Gasteiger partial charge in [0.2, 0.25) is 5.91 Å². The zero-order valence-corrected chi connectivity index (χ0v) is 17.1. The third kappa shape index (κ3) is 3.60. The number of nitrogens with one attached hydrogen (secondary N) is 1. The Kier molecular flexibility index (Phi) is 5.02. The lowest BCUT2D eigenvalue weighted by molar-refractivity contribution is -0.118. The third-order valence-corrected chi connectivity index (χ3v) is 6.74. The average Bonchev–Trinajstić information content (AvgIpc) is 3.41. The predicted molar refractivity (Wildman–Crippen MR) is 118 cm³/mol. The fourth-order valence-corrected chi connectivity index (χ4v) is 5.31. The van der Waals surface area contributed by atoms with Gasteiger partial charge >= 0.3 is 0 Å². The smallest absolute Gasteiger partial charge is 0.294 e. The molecule has 2 N–H and O–H groups in total. The molecule has 0 saturated heterocycles. The minimum Gasteiger partial charge on any atom is -0.410 e. The SMILES string of the molecule is O=C(CC1CC2CCC1C2)Nn1nc(C(=NO)c2ccccc2)c2ccccc2c1=O. The van der Waals surface area contributed by atoms with Gasteiger partial charge in [0, 0.05) is 17.4 Å². The molecule has 1 heterocycles. The van der Waals surface area contributed by atoms with Crippen molar-refractivity contribution < 1.29 is 10.0 Å². The van der Waals surface area contributed by atoms with E-state index in [0.29, 0.717) is 40.3 Å². The highest BCUT2D eigenvalue weighted by Gasteiger charge is 2.40. The van der Waals surface area contributed by atoms with E-state index in [9.17, 15) is 14.8 Å². The quantitative estimate of drug-likeness (QED) is 0.378. The molecule has 2 bridgehead atoms. The van der Waals surface area contributed by atoms with Gasteiger partial charge in [0.25, 0.3) is 5.56 Å². The number of amides is 1. The highest BCUT2D eigenvalue weighted by Crippen LogP contribution is 2.49. The maximum atomic E-state index is 13.0. The van der Waals surface area contributed by atoms with E-state index >= 15 is 0 Å². The summed E-state index contributed by atoms with van der Waals surface area (Å²) in [5, 5.41) is 18.6. The number of carbonyl (C=O) groups is 1. The molecule has 7 nitrogen and oxygen atoms in total. The second-order valence-corrected chi connectivity index (χ2v) is 8.60. The second kappa shape index (κ2) is 7.98. The van der Waals surface area contributed by atoms with E-state index in [2.05, 4.69) is 15.7 Å². The van der Waals surface area contributed by atoms with Crippen LogP contribution in [0, 0.1) is 17.8 Å². The zero-order chi connectivity index (χ0) is 21.4. The summed E-state index contributed by atoms with van der Waals surface area (Å²) in [5.74, 6) is 1.55. The van der Waals surface area contributed by atoms with Gasteiger partial charge < -0.3 is 5.21 Å². The van der Waals surface area contributed by atoms with E-state index in [4.69, 9.17) is 0 Å². The summed E-state index contributed by atoms with van der Waals surface area (Å²) in [6.45, 7) is 0. The van der Waals surface area contributed by atoms with Crippen LogP contribution in [0.1, 0.15) is 43.4 Å². The van der Waals surface area contributed by atoms with Gasteiger partial charge in [-0.15, -0.1) is 9.89 Å². The first-order valence-electron chi connectivity index (χ1n) is 10.7. The van der Waals surface area contributed by atoms with E-state index in [-0.39, 0.29) is 11.6 Å². The molecule has 2 aromatic carbocycles. The van der Waals surface area contributed by atoms with Gasteiger partial charge in [-0.25, -0.2) is 5.43 Å². The molecule has 3 atom stereocenters. The number of oxime groups is 1. The highest BCUT2D eigenvalue weighted by atomic mass is 16.4. The molecule has 31 heavy (non-hydrogen) atoms. The molecule has 2 saturated carbocycles. The zero-order valence-electron chi connectivity index (χ0n) is 17.1. The number of nitrogens with zero attached hydrogens (tertiary/aromatic N) is 3. The number of fused-ring (bicyclic) bond motifs is 3. The van der Waals surface area contributed by atoms with Gasteiger partial charge in [-0.1, -0.05) is 60.1 Å². The summed E-state index contributed by atoms with van der Waals surface area (Å²) in [6, 6.07) is 16.1. The monoisotopic (exact) mass is 416 g/mol. The first kappa shape index (κ1) is 19.5. The van der Waals surface area contributed by atoms with E-state index < -0.39 is 5.56 Å². The Hall–Kier alpha value is -3.48. The van der Waals surface area contributed by atoms with Gasteiger partial charge in [0.05, 0.1) is 5.39 Å². The molecule has 1 amide bonds. The topological polar surface area (TPSA) is 96.6 Å². The lowest BCUT2D eigenvalue weighted by atomic mass is 9.86. The Morgan fingerprint density at radius 2 is 1.81 bits per heavy atom. The molecule has 0 radical (unpaired) electrons. The van der Waals surface area contributed by atoms with Crippen molar-refractivity contribution >= 4 is 22.4 Å². The summed E-state index contributed by atoms with van der Waals surface area (Å²) in [4.78, 5) is 26.8. The minimum absolute atomic E-state index is 0.212. The summed E-state index contributed by atoms with van der Waals surface area (Å²) in [5.41, 5.74) is 3.47. The van der Waals surface area contributed by atoms with Crippen LogP contribution < -0.4 is 11.0 Å². The number of hydrogen-bond donors (Lipinski definition) is 2. The fourth-order valence-electron chi connectivity index (χ4n) is 5.31. The standard InChI is InChI=1S/C24H24N4O3/c29-21(14-18-13-15-10-11-17(18)12-15)25-28-24(30)20-9-5-4-8-19(20)23(26-28)22(27-31)16-6-2-1-3-7-16/h1-9,15,17-18,31H,10-14H2,(H,25,29). The molecule has 158 valence electrons. The van der Waals surface area contributed by atoms with Gasteiger partial charge in [-0.05, 0) is 43.1 Å². The van der Waals surface area contributed by atoms with Crippen LogP contribution in [0.4, 0.5) is 0 Å². The number of carbonyl (C=O) groups excluding carboxylic acids is 1. The summed E-state index contributed by atoms with van der Waals surface area (Å²) < 4.78 is 0. The van der Waals surface area contributed by atoms with Crippen LogP contribution in [0.5, 0.6) is 0 Å². The Balaban J connectivity index is 1.51. The van der Waals surface area contributed by atoms with Crippen LogP contribution in [0.2, 0.25) is 0 Å². The minimum atomic E-state index is -0.411. The Labute approximate surface area is 179 Å². The molecule has 3 unspecified atom stereocenters. The van der Waals surface area contributed by atoms with Crippen molar-refractivity contribution in [2.24, 2.45) is 22.9 Å². The largest absolute Gasteiger partial charge is 0.410 e. The van der Waals surface area contributed by atoms with Crippen LogP contribution in [-0.4, -0.2) is 26.7 Å². The van der Waals surface area contributed by atoms with Crippen molar-refractivity contribution in [3.63, 3.8) is 0 Å². The van der Waals surface area contributed by atoms with E-state index in [1.807, 2.05) is 18.2 Å². The van der Waals surface area contributed by atoms with E-state index in [0.717, 1.165) is 17.1 Å². The first-order chi connectivity index (χ1) is 15.1. The Morgan fingerprint density at radius 1 is 1.06 bits per heavy atom. The maximum absolute atomic E-state index is 13.0. The normalized spacial score (nSPS) is 22.7. The number of rotatable bonds is 5. The van der Waals surface area contributed by atoms with Crippen molar-refractivity contribution in [1.82, 2.24) is 9.89 Å². The van der Waals surface area contributed by atoms with Crippen molar-refractivity contribution in [3.05, 3.63) is 76.2 Å². The molecule has 0 aliphatic heterocycles. The Bertz CT molecular complexity index is 1220. The second-order valence-electron chi connectivity index (χ2n) is 8.60. The molecule has 2 fully saturated rings. The predicted octanol–water partition coefficient (Wildman–Crippen LogP) is 3.52. The highest BCUT2D eigenvalue weighted by molar-refractivity contribution is 6.17. The van der Waals surface area contributed by atoms with Gasteiger partial charge in [0.15, 0.2) is 0 Å². The molecule has 0 spiro atoms. The number of hydrogen-bond acceptors (Lipinski definition) is 5. The third-order valence-electron chi connectivity index (χ3n) is 6.74. The molecule has 3 aromatic rings. The van der Waals surface area contributed by atoms with Crippen LogP contribution in [-0.2, 0) is 4.79 Å². The van der Waals surface area contributed by atoms with Crippen LogP contribution >= 0.6 is 0 Å². The van der Waals surface area contributed by atoms with Crippen LogP contribution in [0.3, 0.4) is 0 Å². The lowest BCUT2D eigenvalue weighted by Gasteiger charge is -2.21. The summed E-state index contributed by atoms with van der Waals surface area (Å²) >= 11 is 0. The number of aromatic nitrogens is 2. The molecule has 5 rings (SSSR count). The number of benzene rings is 2. The molecule has 1 aromatic heterocycles. The summed E-state index contributed by atoms with van der Waals surface area (Å²) in [7, 11) is 0. The van der Waals surface area contributed by atoms with Gasteiger partial charge in [-0.2, -0.15) is 0 Å². The van der Waals surface area contributed by atoms with Crippen molar-refractivity contribution in [2.45, 2.75) is 32.1 Å². The molecule has 2 aliphatic rings. The van der Waals surface area contributed by atoms with E-state index in [1.54, 1.807) is 36.4 Å². The van der Waals surface area contributed by atoms with Crippen molar-refractivity contribution in [2.75, 3.05) is 5.43 Å². The van der Waals surface area contributed by atoms with Gasteiger partial charge in [-0.3, -0.25) is 9.59 Å². The molecule has 2 aliphatic carbocycles. The van der Waals surface area contributed by atoms with Crippen LogP contribution in [0.25, 0.3) is 10.8 Å². The molecular weight excluding hydrogens is 392 g/mol. The van der Waals surface area contributed by atoms with E-state index in [1.165, 1.54) is 19.3 Å². The summed E-state index contributed by atoms with van der Waals surface area (Å²) in [6.07, 6.45) is 5.20. The average molecular weight is 416 g/mol. The first-order valence-corrected chi connectivity index (χ1v) is 10.7. The maximum Gasteiger partial charge on any atom is 0.294 e. The molecular formula is C24H24N4O3.